The van der Waals surface area contributed by atoms with Crippen molar-refractivity contribution in [1.29, 1.82) is 0 Å². The summed E-state index contributed by atoms with van der Waals surface area (Å²) in [7, 11) is 0. The zero-order valence-corrected chi connectivity index (χ0v) is 13.6. The van der Waals surface area contributed by atoms with E-state index >= 15 is 0 Å². The highest BCUT2D eigenvalue weighted by molar-refractivity contribution is 14.1. The second-order valence-electron chi connectivity index (χ2n) is 4.90. The molecule has 1 atom stereocenters. The molecule has 1 aromatic rings. The van der Waals surface area contributed by atoms with Gasteiger partial charge in [0.15, 0.2) is 0 Å². The molecule has 1 aliphatic rings. The molecule has 0 aromatic carbocycles. The molecule has 0 bridgehead atoms. The summed E-state index contributed by atoms with van der Waals surface area (Å²) >= 11 is 2.23. The Morgan fingerprint density at radius 2 is 1.89 bits per heavy atom. The smallest absolute Gasteiger partial charge is 0.225 e. The minimum atomic E-state index is 0.532. The molecule has 1 unspecified atom stereocenters. The molecule has 2 rings (SSSR count). The largest absolute Gasteiger partial charge is 0.338 e. The van der Waals surface area contributed by atoms with Crippen molar-refractivity contribution in [2.45, 2.75) is 25.8 Å². The second kappa shape index (κ2) is 7.35. The fourth-order valence-corrected chi connectivity index (χ4v) is 2.82. The van der Waals surface area contributed by atoms with Crippen molar-refractivity contribution in [2.75, 3.05) is 37.6 Å². The summed E-state index contributed by atoms with van der Waals surface area (Å²) in [4.78, 5) is 13.5. The summed E-state index contributed by atoms with van der Waals surface area (Å²) in [5, 5.41) is 0. The Labute approximate surface area is 128 Å². The second-order valence-corrected chi connectivity index (χ2v) is 6.15. The summed E-state index contributed by atoms with van der Waals surface area (Å²) in [5.41, 5.74) is 5.87. The molecule has 0 saturated carbocycles. The summed E-state index contributed by atoms with van der Waals surface area (Å²) in [6.45, 7) is 7.06. The minimum absolute atomic E-state index is 0.532. The third-order valence-corrected chi connectivity index (χ3v) is 4.17. The van der Waals surface area contributed by atoms with Crippen LogP contribution in [0.5, 0.6) is 0 Å². The van der Waals surface area contributed by atoms with Gasteiger partial charge in [0.1, 0.15) is 0 Å². The summed E-state index contributed by atoms with van der Waals surface area (Å²) in [6, 6.07) is 0.532. The first-order chi connectivity index (χ1) is 9.24. The van der Waals surface area contributed by atoms with Crippen LogP contribution in [0.3, 0.4) is 0 Å². The molecule has 0 amide bonds. The number of hydrogen-bond donors (Lipinski definition) is 1. The average molecular weight is 375 g/mol. The standard InChI is InChI=1S/C13H22IN5/c1-2-3-12(8-15)18-4-6-19(7-5-18)13-16-9-11(14)10-17-13/h9-10,12H,2-8,15H2,1H3. The maximum absolute atomic E-state index is 5.87. The van der Waals surface area contributed by atoms with E-state index in [9.17, 15) is 0 Å². The first kappa shape index (κ1) is 14.9. The lowest BCUT2D eigenvalue weighted by atomic mass is 10.1. The molecule has 6 heteroatoms. The van der Waals surface area contributed by atoms with Crippen molar-refractivity contribution in [3.05, 3.63) is 16.0 Å². The van der Waals surface area contributed by atoms with Gasteiger partial charge in [0.25, 0.3) is 0 Å². The third-order valence-electron chi connectivity index (χ3n) is 3.61. The molecule has 1 aromatic heterocycles. The van der Waals surface area contributed by atoms with E-state index in [1.165, 1.54) is 12.8 Å². The summed E-state index contributed by atoms with van der Waals surface area (Å²) in [6.07, 6.45) is 6.13. The first-order valence-electron chi connectivity index (χ1n) is 6.91. The van der Waals surface area contributed by atoms with Crippen LogP contribution in [-0.2, 0) is 0 Å². The van der Waals surface area contributed by atoms with E-state index in [1.54, 1.807) is 0 Å². The number of anilines is 1. The van der Waals surface area contributed by atoms with Crippen LogP contribution in [0.4, 0.5) is 5.95 Å². The van der Waals surface area contributed by atoms with Gasteiger partial charge in [-0.15, -0.1) is 0 Å². The SMILES string of the molecule is CCCC(CN)N1CCN(c2ncc(I)cn2)CC1. The Hall–Kier alpha value is -0.470. The van der Waals surface area contributed by atoms with Crippen molar-refractivity contribution in [3.63, 3.8) is 0 Å². The van der Waals surface area contributed by atoms with Gasteiger partial charge in [-0.3, -0.25) is 4.90 Å². The first-order valence-corrected chi connectivity index (χ1v) is 7.99. The van der Waals surface area contributed by atoms with E-state index in [0.29, 0.717) is 6.04 Å². The van der Waals surface area contributed by atoms with Gasteiger partial charge in [-0.25, -0.2) is 9.97 Å². The maximum Gasteiger partial charge on any atom is 0.225 e. The summed E-state index contributed by atoms with van der Waals surface area (Å²) in [5.74, 6) is 0.847. The van der Waals surface area contributed by atoms with E-state index in [-0.39, 0.29) is 0 Å². The van der Waals surface area contributed by atoms with Crippen LogP contribution in [-0.4, -0.2) is 53.6 Å². The van der Waals surface area contributed by atoms with Crippen molar-refractivity contribution in [2.24, 2.45) is 5.73 Å². The highest BCUT2D eigenvalue weighted by atomic mass is 127. The molecule has 1 aliphatic heterocycles. The normalized spacial score (nSPS) is 18.6. The lowest BCUT2D eigenvalue weighted by Gasteiger charge is -2.38. The molecule has 0 radical (unpaired) electrons. The Kier molecular flexibility index (Phi) is 5.77. The Bertz CT molecular complexity index is 375. The molecule has 106 valence electrons. The van der Waals surface area contributed by atoms with Gasteiger partial charge in [-0.2, -0.15) is 0 Å². The Morgan fingerprint density at radius 1 is 1.26 bits per heavy atom. The number of nitrogens with two attached hydrogens (primary N) is 1. The molecule has 2 heterocycles. The Morgan fingerprint density at radius 3 is 2.42 bits per heavy atom. The monoisotopic (exact) mass is 375 g/mol. The van der Waals surface area contributed by atoms with E-state index in [4.69, 9.17) is 5.73 Å². The third kappa shape index (κ3) is 4.00. The van der Waals surface area contributed by atoms with Crippen LogP contribution in [0, 0.1) is 3.57 Å². The molecule has 5 nitrogen and oxygen atoms in total. The Balaban J connectivity index is 1.89. The molecular formula is C13H22IN5. The number of hydrogen-bond acceptors (Lipinski definition) is 5. The van der Waals surface area contributed by atoms with Crippen LogP contribution in [0.25, 0.3) is 0 Å². The van der Waals surface area contributed by atoms with E-state index in [2.05, 4.69) is 49.3 Å². The van der Waals surface area contributed by atoms with Crippen molar-refractivity contribution in [3.8, 4) is 0 Å². The van der Waals surface area contributed by atoms with Gasteiger partial charge >= 0.3 is 0 Å². The molecule has 1 saturated heterocycles. The van der Waals surface area contributed by atoms with E-state index in [0.717, 1.165) is 42.2 Å². The van der Waals surface area contributed by atoms with Gasteiger partial charge in [0.05, 0.1) is 0 Å². The molecule has 19 heavy (non-hydrogen) atoms. The van der Waals surface area contributed by atoms with Crippen molar-refractivity contribution in [1.82, 2.24) is 14.9 Å². The average Bonchev–Trinajstić information content (AvgIpc) is 2.46. The fourth-order valence-electron chi connectivity index (χ4n) is 2.54. The number of halogens is 1. The number of piperazine rings is 1. The highest BCUT2D eigenvalue weighted by Crippen LogP contribution is 2.14. The van der Waals surface area contributed by atoms with E-state index in [1.807, 2.05) is 12.4 Å². The number of nitrogens with zero attached hydrogens (tertiary/aromatic N) is 4. The van der Waals surface area contributed by atoms with Crippen LogP contribution < -0.4 is 10.6 Å². The van der Waals surface area contributed by atoms with Gasteiger partial charge in [-0.1, -0.05) is 13.3 Å². The number of rotatable bonds is 5. The quantitative estimate of drug-likeness (QED) is 0.787. The molecule has 0 spiro atoms. The molecular weight excluding hydrogens is 353 g/mol. The van der Waals surface area contributed by atoms with Crippen LogP contribution in [0.15, 0.2) is 12.4 Å². The number of aromatic nitrogens is 2. The predicted octanol–water partition coefficient (Wildman–Crippen LogP) is 1.33. The van der Waals surface area contributed by atoms with Gasteiger partial charge in [-0.05, 0) is 29.0 Å². The van der Waals surface area contributed by atoms with Crippen LogP contribution in [0.2, 0.25) is 0 Å². The zero-order chi connectivity index (χ0) is 13.7. The highest BCUT2D eigenvalue weighted by Gasteiger charge is 2.23. The molecule has 0 aliphatic carbocycles. The lowest BCUT2D eigenvalue weighted by molar-refractivity contribution is 0.179. The molecule has 2 N–H and O–H groups in total. The fraction of sp³-hybridized carbons (Fsp3) is 0.692. The summed E-state index contributed by atoms with van der Waals surface area (Å²) < 4.78 is 1.08. The predicted molar refractivity (Wildman–Crippen MR) is 86.3 cm³/mol. The van der Waals surface area contributed by atoms with E-state index < -0.39 is 0 Å². The topological polar surface area (TPSA) is 58.3 Å². The van der Waals surface area contributed by atoms with Crippen molar-refractivity contribution < 1.29 is 0 Å². The van der Waals surface area contributed by atoms with Gasteiger partial charge < -0.3 is 10.6 Å². The molecule has 1 fully saturated rings. The van der Waals surface area contributed by atoms with Crippen LogP contribution in [0.1, 0.15) is 19.8 Å². The van der Waals surface area contributed by atoms with Crippen molar-refractivity contribution >= 4 is 28.5 Å². The van der Waals surface area contributed by atoms with Gasteiger partial charge in [0, 0.05) is 54.7 Å². The minimum Gasteiger partial charge on any atom is -0.338 e. The van der Waals surface area contributed by atoms with Crippen LogP contribution >= 0.6 is 22.6 Å². The lowest BCUT2D eigenvalue weighted by Crippen LogP contribution is -2.52. The maximum atomic E-state index is 5.87. The van der Waals surface area contributed by atoms with Gasteiger partial charge in [0.2, 0.25) is 5.95 Å². The zero-order valence-electron chi connectivity index (χ0n) is 11.4.